The minimum Gasteiger partial charge on any atom is -0.391 e. The summed E-state index contributed by atoms with van der Waals surface area (Å²) in [5.74, 6) is 0. The Labute approximate surface area is 129 Å². The second-order valence-corrected chi connectivity index (χ2v) is 7.82. The SMILES string of the molecule is CN([C@@H]1CCCC[C@@H]1O)S(=O)(=O)c1cc(Cl)ccc1Cl. The molecule has 112 valence electrons. The highest BCUT2D eigenvalue weighted by molar-refractivity contribution is 7.89. The largest absolute Gasteiger partial charge is 0.391 e. The molecular weight excluding hydrogens is 321 g/mol. The molecule has 7 heteroatoms. The van der Waals surface area contributed by atoms with E-state index in [0.717, 1.165) is 12.8 Å². The van der Waals surface area contributed by atoms with Gasteiger partial charge < -0.3 is 5.11 Å². The van der Waals surface area contributed by atoms with Crippen LogP contribution in [0.15, 0.2) is 23.1 Å². The molecule has 0 bridgehead atoms. The van der Waals surface area contributed by atoms with Crippen molar-refractivity contribution in [2.24, 2.45) is 0 Å². The van der Waals surface area contributed by atoms with Gasteiger partial charge in [-0.3, -0.25) is 0 Å². The molecular formula is C13H17Cl2NO3S. The lowest BCUT2D eigenvalue weighted by Crippen LogP contribution is -2.46. The second kappa shape index (κ2) is 6.20. The molecule has 0 spiro atoms. The Kier molecular flexibility index (Phi) is 4.97. The molecule has 20 heavy (non-hydrogen) atoms. The van der Waals surface area contributed by atoms with Crippen LogP contribution in [0.5, 0.6) is 0 Å². The first-order chi connectivity index (χ1) is 9.34. The Morgan fingerprint density at radius 1 is 1.25 bits per heavy atom. The molecule has 0 unspecified atom stereocenters. The molecule has 1 saturated carbocycles. The zero-order valence-electron chi connectivity index (χ0n) is 11.1. The normalized spacial score (nSPS) is 24.1. The number of nitrogens with zero attached hydrogens (tertiary/aromatic N) is 1. The van der Waals surface area contributed by atoms with Gasteiger partial charge in [0, 0.05) is 12.1 Å². The Balaban J connectivity index is 2.36. The van der Waals surface area contributed by atoms with Crippen molar-refractivity contribution in [1.82, 2.24) is 4.31 Å². The van der Waals surface area contributed by atoms with E-state index in [4.69, 9.17) is 23.2 Å². The van der Waals surface area contributed by atoms with Crippen LogP contribution < -0.4 is 0 Å². The molecule has 0 saturated heterocycles. The fraction of sp³-hybridized carbons (Fsp3) is 0.538. The van der Waals surface area contributed by atoms with Crippen LogP contribution in [0.4, 0.5) is 0 Å². The third-order valence-electron chi connectivity index (χ3n) is 3.71. The lowest BCUT2D eigenvalue weighted by Gasteiger charge is -2.34. The predicted molar refractivity (Wildman–Crippen MR) is 79.7 cm³/mol. The first-order valence-electron chi connectivity index (χ1n) is 6.45. The van der Waals surface area contributed by atoms with Gasteiger partial charge in [0.1, 0.15) is 4.90 Å². The van der Waals surface area contributed by atoms with E-state index < -0.39 is 22.2 Å². The maximum Gasteiger partial charge on any atom is 0.244 e. The molecule has 1 aliphatic rings. The highest BCUT2D eigenvalue weighted by atomic mass is 35.5. The smallest absolute Gasteiger partial charge is 0.244 e. The van der Waals surface area contributed by atoms with E-state index in [0.29, 0.717) is 17.9 Å². The molecule has 0 aliphatic heterocycles. The summed E-state index contributed by atoms with van der Waals surface area (Å²) < 4.78 is 26.5. The number of benzene rings is 1. The fourth-order valence-corrected chi connectivity index (χ4v) is 4.67. The van der Waals surface area contributed by atoms with Crippen LogP contribution in [-0.2, 0) is 10.0 Å². The van der Waals surface area contributed by atoms with Crippen molar-refractivity contribution in [3.63, 3.8) is 0 Å². The monoisotopic (exact) mass is 337 g/mol. The zero-order chi connectivity index (χ0) is 14.9. The summed E-state index contributed by atoms with van der Waals surface area (Å²) >= 11 is 11.8. The molecule has 1 fully saturated rings. The standard InChI is InChI=1S/C13H17Cl2NO3S/c1-16(11-4-2-3-5-12(11)17)20(18,19)13-8-9(14)6-7-10(13)15/h6-8,11-12,17H,2-5H2,1H3/t11-,12+/m1/s1. The molecule has 1 aliphatic carbocycles. The zero-order valence-corrected chi connectivity index (χ0v) is 13.4. The number of aliphatic hydroxyl groups excluding tert-OH is 1. The molecule has 1 aromatic carbocycles. The Bertz CT molecular complexity index is 591. The number of hydrogen-bond acceptors (Lipinski definition) is 3. The quantitative estimate of drug-likeness (QED) is 0.922. The Hall–Kier alpha value is -0.330. The summed E-state index contributed by atoms with van der Waals surface area (Å²) in [6, 6.07) is 3.93. The molecule has 1 aromatic rings. The van der Waals surface area contributed by atoms with Crippen molar-refractivity contribution < 1.29 is 13.5 Å². The van der Waals surface area contributed by atoms with Crippen molar-refractivity contribution in [2.75, 3.05) is 7.05 Å². The summed E-state index contributed by atoms with van der Waals surface area (Å²) in [6.07, 6.45) is 2.46. The second-order valence-electron chi connectivity index (χ2n) is 5.02. The van der Waals surface area contributed by atoms with Crippen molar-refractivity contribution in [1.29, 1.82) is 0 Å². The maximum atomic E-state index is 12.6. The molecule has 0 heterocycles. The van der Waals surface area contributed by atoms with Gasteiger partial charge in [0.05, 0.1) is 17.2 Å². The lowest BCUT2D eigenvalue weighted by molar-refractivity contribution is 0.0638. The number of sulfonamides is 1. The molecule has 0 aromatic heterocycles. The van der Waals surface area contributed by atoms with Crippen LogP contribution in [0.3, 0.4) is 0 Å². The van der Waals surface area contributed by atoms with Gasteiger partial charge in [-0.25, -0.2) is 8.42 Å². The van der Waals surface area contributed by atoms with Gasteiger partial charge in [-0.15, -0.1) is 0 Å². The van der Waals surface area contributed by atoms with E-state index in [1.807, 2.05) is 0 Å². The first-order valence-corrected chi connectivity index (χ1v) is 8.65. The Morgan fingerprint density at radius 2 is 1.90 bits per heavy atom. The highest BCUT2D eigenvalue weighted by Crippen LogP contribution is 2.31. The Morgan fingerprint density at radius 3 is 2.55 bits per heavy atom. The van der Waals surface area contributed by atoms with E-state index in [1.165, 1.54) is 23.5 Å². The number of aliphatic hydroxyl groups is 1. The molecule has 0 amide bonds. The van der Waals surface area contributed by atoms with Gasteiger partial charge in [-0.05, 0) is 31.0 Å². The van der Waals surface area contributed by atoms with Gasteiger partial charge in [-0.2, -0.15) is 4.31 Å². The van der Waals surface area contributed by atoms with E-state index in [-0.39, 0.29) is 9.92 Å². The van der Waals surface area contributed by atoms with Crippen LogP contribution in [-0.4, -0.2) is 37.0 Å². The average molecular weight is 338 g/mol. The van der Waals surface area contributed by atoms with E-state index in [1.54, 1.807) is 6.07 Å². The molecule has 2 atom stereocenters. The minimum atomic E-state index is -3.77. The molecule has 1 N–H and O–H groups in total. The van der Waals surface area contributed by atoms with Crippen molar-refractivity contribution in [3.8, 4) is 0 Å². The van der Waals surface area contributed by atoms with Gasteiger partial charge in [0.15, 0.2) is 0 Å². The van der Waals surface area contributed by atoms with Gasteiger partial charge in [-0.1, -0.05) is 36.0 Å². The van der Waals surface area contributed by atoms with Crippen molar-refractivity contribution in [3.05, 3.63) is 28.2 Å². The van der Waals surface area contributed by atoms with E-state index in [2.05, 4.69) is 0 Å². The van der Waals surface area contributed by atoms with Crippen LogP contribution >= 0.6 is 23.2 Å². The van der Waals surface area contributed by atoms with Gasteiger partial charge in [0.2, 0.25) is 10.0 Å². The van der Waals surface area contributed by atoms with Crippen molar-refractivity contribution >= 4 is 33.2 Å². The molecule has 0 radical (unpaired) electrons. The maximum absolute atomic E-state index is 12.6. The fourth-order valence-electron chi connectivity index (χ4n) is 2.52. The van der Waals surface area contributed by atoms with Crippen molar-refractivity contribution in [2.45, 2.75) is 42.7 Å². The molecule has 2 rings (SSSR count). The van der Waals surface area contributed by atoms with E-state index >= 15 is 0 Å². The predicted octanol–water partition coefficient (Wildman–Crippen LogP) is 2.92. The molecule has 4 nitrogen and oxygen atoms in total. The number of likely N-dealkylation sites (N-methyl/N-ethyl adjacent to an activating group) is 1. The van der Waals surface area contributed by atoms with E-state index in [9.17, 15) is 13.5 Å². The van der Waals surface area contributed by atoms with Crippen LogP contribution in [0, 0.1) is 0 Å². The third kappa shape index (κ3) is 3.12. The van der Waals surface area contributed by atoms with Gasteiger partial charge >= 0.3 is 0 Å². The van der Waals surface area contributed by atoms with Gasteiger partial charge in [0.25, 0.3) is 0 Å². The summed E-state index contributed by atoms with van der Waals surface area (Å²) in [4.78, 5) is -0.0214. The lowest BCUT2D eigenvalue weighted by atomic mass is 9.93. The number of hydrogen-bond donors (Lipinski definition) is 1. The average Bonchev–Trinajstić information content (AvgIpc) is 2.41. The number of rotatable bonds is 3. The van der Waals surface area contributed by atoms with Crippen LogP contribution in [0.1, 0.15) is 25.7 Å². The summed E-state index contributed by atoms with van der Waals surface area (Å²) in [5.41, 5.74) is 0. The first kappa shape index (κ1) is 16.0. The highest BCUT2D eigenvalue weighted by Gasteiger charge is 2.35. The summed E-state index contributed by atoms with van der Waals surface area (Å²) in [6.45, 7) is 0. The van der Waals surface area contributed by atoms with Crippen LogP contribution in [0.2, 0.25) is 10.0 Å². The minimum absolute atomic E-state index is 0.0214. The van der Waals surface area contributed by atoms with Crippen LogP contribution in [0.25, 0.3) is 0 Å². The summed E-state index contributed by atoms with van der Waals surface area (Å²) in [5, 5.41) is 10.5. The topological polar surface area (TPSA) is 57.6 Å². The summed E-state index contributed by atoms with van der Waals surface area (Å²) in [7, 11) is -2.29. The third-order valence-corrected chi connectivity index (χ3v) is 6.31. The number of halogens is 2.